The minimum absolute atomic E-state index is 0.368. The van der Waals surface area contributed by atoms with Gasteiger partial charge in [-0.05, 0) is 31.7 Å². The monoisotopic (exact) mass is 225 g/mol. The average molecular weight is 225 g/mol. The lowest BCUT2D eigenvalue weighted by Crippen LogP contribution is -2.38. The van der Waals surface area contributed by atoms with Crippen molar-refractivity contribution in [2.45, 2.75) is 69.8 Å². The van der Waals surface area contributed by atoms with E-state index in [2.05, 4.69) is 5.32 Å². The van der Waals surface area contributed by atoms with Crippen LogP contribution in [0.1, 0.15) is 64.2 Å². The quantitative estimate of drug-likeness (QED) is 0.705. The second kappa shape index (κ2) is 6.02. The fraction of sp³-hybridized carbons (Fsp3) is 1.00. The van der Waals surface area contributed by atoms with Gasteiger partial charge in [0.15, 0.2) is 0 Å². The molecule has 2 aliphatic rings. The molecule has 0 aromatic rings. The summed E-state index contributed by atoms with van der Waals surface area (Å²) in [5, 5.41) is 13.6. The van der Waals surface area contributed by atoms with Crippen LogP contribution in [0.25, 0.3) is 0 Å². The molecule has 0 spiro atoms. The van der Waals surface area contributed by atoms with Crippen LogP contribution in [0, 0.1) is 5.92 Å². The average Bonchev–Trinajstić information content (AvgIpc) is 2.74. The molecule has 0 amide bonds. The molecular formula is C14H27NO. The lowest BCUT2D eigenvalue weighted by molar-refractivity contribution is 0.0475. The van der Waals surface area contributed by atoms with Gasteiger partial charge in [0.2, 0.25) is 0 Å². The smallest absolute Gasteiger partial charge is 0.0771 e. The molecule has 16 heavy (non-hydrogen) atoms. The highest BCUT2D eigenvalue weighted by Gasteiger charge is 2.30. The lowest BCUT2D eigenvalue weighted by atomic mass is 9.87. The molecule has 0 heterocycles. The van der Waals surface area contributed by atoms with Crippen molar-refractivity contribution in [3.63, 3.8) is 0 Å². The summed E-state index contributed by atoms with van der Waals surface area (Å²) in [6.07, 6.45) is 12.9. The highest BCUT2D eigenvalue weighted by Crippen LogP contribution is 2.29. The van der Waals surface area contributed by atoms with E-state index in [9.17, 15) is 5.11 Å². The van der Waals surface area contributed by atoms with E-state index >= 15 is 0 Å². The van der Waals surface area contributed by atoms with E-state index in [4.69, 9.17) is 0 Å². The Morgan fingerprint density at radius 1 is 1.00 bits per heavy atom. The molecular weight excluding hydrogens is 198 g/mol. The minimum atomic E-state index is -0.368. The van der Waals surface area contributed by atoms with Crippen molar-refractivity contribution in [3.05, 3.63) is 0 Å². The van der Waals surface area contributed by atoms with Crippen molar-refractivity contribution >= 4 is 0 Å². The fourth-order valence-corrected chi connectivity index (χ4v) is 3.31. The Balaban J connectivity index is 1.54. The molecule has 0 aliphatic heterocycles. The summed E-state index contributed by atoms with van der Waals surface area (Å²) < 4.78 is 0. The Kier molecular flexibility index (Phi) is 4.66. The number of hydrogen-bond donors (Lipinski definition) is 2. The van der Waals surface area contributed by atoms with Crippen LogP contribution >= 0.6 is 0 Å². The maximum Gasteiger partial charge on any atom is 0.0771 e. The molecule has 0 aromatic heterocycles. The molecule has 0 saturated heterocycles. The second-order valence-electron chi connectivity index (χ2n) is 5.90. The van der Waals surface area contributed by atoms with Gasteiger partial charge in [0.1, 0.15) is 0 Å². The molecule has 2 nitrogen and oxygen atoms in total. The van der Waals surface area contributed by atoms with Crippen LogP contribution in [0.3, 0.4) is 0 Å². The highest BCUT2D eigenvalue weighted by atomic mass is 16.3. The van der Waals surface area contributed by atoms with Crippen LogP contribution in [0.4, 0.5) is 0 Å². The molecule has 2 rings (SSSR count). The Bertz CT molecular complexity index is 193. The Labute approximate surface area is 99.8 Å². The van der Waals surface area contributed by atoms with E-state index in [0.717, 1.165) is 31.8 Å². The molecule has 0 unspecified atom stereocenters. The normalized spacial score (nSPS) is 26.1. The van der Waals surface area contributed by atoms with E-state index in [1.165, 1.54) is 51.4 Å². The van der Waals surface area contributed by atoms with Crippen molar-refractivity contribution in [1.29, 1.82) is 0 Å². The van der Waals surface area contributed by atoms with Crippen LogP contribution in [-0.2, 0) is 0 Å². The number of aliphatic hydroxyl groups is 1. The van der Waals surface area contributed by atoms with Crippen LogP contribution in [0.2, 0.25) is 0 Å². The molecule has 0 atom stereocenters. The van der Waals surface area contributed by atoms with E-state index in [1.54, 1.807) is 0 Å². The van der Waals surface area contributed by atoms with Gasteiger partial charge < -0.3 is 10.4 Å². The summed E-state index contributed by atoms with van der Waals surface area (Å²) >= 11 is 0. The van der Waals surface area contributed by atoms with E-state index < -0.39 is 0 Å². The van der Waals surface area contributed by atoms with Crippen molar-refractivity contribution in [2.24, 2.45) is 5.92 Å². The Morgan fingerprint density at radius 3 is 2.38 bits per heavy atom. The van der Waals surface area contributed by atoms with Crippen molar-refractivity contribution in [3.8, 4) is 0 Å². The van der Waals surface area contributed by atoms with Crippen LogP contribution in [0.15, 0.2) is 0 Å². The first-order valence-electron chi connectivity index (χ1n) is 7.22. The van der Waals surface area contributed by atoms with Gasteiger partial charge in [0.05, 0.1) is 5.60 Å². The van der Waals surface area contributed by atoms with Gasteiger partial charge in [0.25, 0.3) is 0 Å². The first-order chi connectivity index (χ1) is 7.79. The first kappa shape index (κ1) is 12.4. The minimum Gasteiger partial charge on any atom is -0.389 e. The van der Waals surface area contributed by atoms with Crippen molar-refractivity contribution in [2.75, 3.05) is 13.1 Å². The molecule has 0 bridgehead atoms. The van der Waals surface area contributed by atoms with Crippen LogP contribution in [-0.4, -0.2) is 23.8 Å². The fourth-order valence-electron chi connectivity index (χ4n) is 3.31. The summed E-state index contributed by atoms with van der Waals surface area (Å²) in [6, 6.07) is 0. The molecule has 0 radical (unpaired) electrons. The van der Waals surface area contributed by atoms with Gasteiger partial charge >= 0.3 is 0 Å². The summed E-state index contributed by atoms with van der Waals surface area (Å²) in [6.45, 7) is 1.92. The summed E-state index contributed by atoms with van der Waals surface area (Å²) in [7, 11) is 0. The standard InChI is InChI=1S/C14H27NO/c16-14(9-4-5-10-14)12-15-11-8-13-6-2-1-3-7-13/h13,15-16H,1-12H2. The van der Waals surface area contributed by atoms with E-state index in [1.807, 2.05) is 0 Å². The number of rotatable bonds is 5. The van der Waals surface area contributed by atoms with Crippen molar-refractivity contribution in [1.82, 2.24) is 5.32 Å². The largest absolute Gasteiger partial charge is 0.389 e. The first-order valence-corrected chi connectivity index (χ1v) is 7.22. The SMILES string of the molecule is OC1(CNCCC2CCCCC2)CCCC1. The Hall–Kier alpha value is -0.0800. The highest BCUT2D eigenvalue weighted by molar-refractivity contribution is 4.86. The van der Waals surface area contributed by atoms with E-state index in [0.29, 0.717) is 0 Å². The van der Waals surface area contributed by atoms with Gasteiger partial charge in [-0.3, -0.25) is 0 Å². The van der Waals surface area contributed by atoms with E-state index in [-0.39, 0.29) is 5.60 Å². The zero-order valence-corrected chi connectivity index (χ0v) is 10.5. The molecule has 2 heteroatoms. The summed E-state index contributed by atoms with van der Waals surface area (Å²) in [5.74, 6) is 0.958. The zero-order valence-electron chi connectivity index (χ0n) is 10.5. The molecule has 2 N–H and O–H groups in total. The van der Waals surface area contributed by atoms with Gasteiger partial charge in [-0.15, -0.1) is 0 Å². The van der Waals surface area contributed by atoms with Gasteiger partial charge in [0, 0.05) is 6.54 Å². The maximum absolute atomic E-state index is 10.2. The third-order valence-corrected chi connectivity index (χ3v) is 4.44. The molecule has 0 aromatic carbocycles. The van der Waals surface area contributed by atoms with Gasteiger partial charge in [-0.1, -0.05) is 44.9 Å². The summed E-state index contributed by atoms with van der Waals surface area (Å²) in [5.41, 5.74) is -0.368. The summed E-state index contributed by atoms with van der Waals surface area (Å²) in [4.78, 5) is 0. The number of nitrogens with one attached hydrogen (secondary N) is 1. The topological polar surface area (TPSA) is 32.3 Å². The lowest BCUT2D eigenvalue weighted by Gasteiger charge is -2.25. The van der Waals surface area contributed by atoms with Crippen molar-refractivity contribution < 1.29 is 5.11 Å². The third-order valence-electron chi connectivity index (χ3n) is 4.44. The van der Waals surface area contributed by atoms with Crippen LogP contribution in [0.5, 0.6) is 0 Å². The Morgan fingerprint density at radius 2 is 1.69 bits per heavy atom. The third kappa shape index (κ3) is 3.74. The molecule has 2 fully saturated rings. The molecule has 2 aliphatic carbocycles. The molecule has 94 valence electrons. The predicted octanol–water partition coefficient (Wildman–Crippen LogP) is 2.85. The molecule has 2 saturated carbocycles. The maximum atomic E-state index is 10.2. The predicted molar refractivity (Wildman–Crippen MR) is 67.5 cm³/mol. The van der Waals surface area contributed by atoms with Crippen LogP contribution < -0.4 is 5.32 Å². The van der Waals surface area contributed by atoms with Gasteiger partial charge in [-0.2, -0.15) is 0 Å². The second-order valence-corrected chi connectivity index (χ2v) is 5.90. The van der Waals surface area contributed by atoms with Gasteiger partial charge in [-0.25, -0.2) is 0 Å². The zero-order chi connectivity index (χ0) is 11.3. The number of hydrogen-bond acceptors (Lipinski definition) is 2.